The fourth-order valence-electron chi connectivity index (χ4n) is 2.79. The van der Waals surface area contributed by atoms with E-state index in [-0.39, 0.29) is 0 Å². The summed E-state index contributed by atoms with van der Waals surface area (Å²) < 4.78 is 5.34. The highest BCUT2D eigenvalue weighted by atomic mass is 16.5. The lowest BCUT2D eigenvalue weighted by atomic mass is 9.91. The van der Waals surface area contributed by atoms with Crippen molar-refractivity contribution < 1.29 is 4.74 Å². The Morgan fingerprint density at radius 1 is 1.38 bits per heavy atom. The SMILES string of the molecule is CC1CCC(C2=CC(=N)/C(=C\NC3CCOC3)C=C2)=NC1. The molecule has 0 saturated carbocycles. The third-order valence-electron chi connectivity index (χ3n) is 4.26. The Bertz CT molecular complexity index is 536. The van der Waals surface area contributed by atoms with Crippen molar-refractivity contribution in [1.82, 2.24) is 5.32 Å². The topological polar surface area (TPSA) is 57.5 Å². The third-order valence-corrected chi connectivity index (χ3v) is 4.26. The summed E-state index contributed by atoms with van der Waals surface area (Å²) >= 11 is 0. The predicted molar refractivity (Wildman–Crippen MR) is 86.1 cm³/mol. The van der Waals surface area contributed by atoms with Crippen molar-refractivity contribution in [1.29, 1.82) is 5.41 Å². The Hall–Kier alpha value is -1.68. The second-order valence-electron chi connectivity index (χ2n) is 6.10. The quantitative estimate of drug-likeness (QED) is 0.837. The van der Waals surface area contributed by atoms with Gasteiger partial charge in [-0.3, -0.25) is 4.99 Å². The Kier molecular flexibility index (Phi) is 4.34. The molecule has 0 aromatic carbocycles. The molecular weight excluding hydrogens is 262 g/mol. The number of nitrogens with one attached hydrogen (secondary N) is 2. The van der Waals surface area contributed by atoms with Gasteiger partial charge in [0.05, 0.1) is 18.4 Å². The number of ether oxygens (including phenoxy) is 1. The van der Waals surface area contributed by atoms with Gasteiger partial charge in [0.2, 0.25) is 0 Å². The molecule has 0 amide bonds. The minimum atomic E-state index is 0.383. The zero-order valence-electron chi connectivity index (χ0n) is 12.6. The Balaban J connectivity index is 1.64. The number of hydrogen-bond acceptors (Lipinski definition) is 4. The van der Waals surface area contributed by atoms with Crippen LogP contribution in [-0.2, 0) is 4.74 Å². The molecule has 0 radical (unpaired) electrons. The summed E-state index contributed by atoms with van der Waals surface area (Å²) in [7, 11) is 0. The van der Waals surface area contributed by atoms with Crippen LogP contribution in [0.25, 0.3) is 0 Å². The number of rotatable bonds is 3. The number of aliphatic imine (C=N–C) groups is 1. The van der Waals surface area contributed by atoms with Crippen molar-refractivity contribution in [3.8, 4) is 0 Å². The first-order chi connectivity index (χ1) is 10.2. The maximum Gasteiger partial charge on any atom is 0.0668 e. The van der Waals surface area contributed by atoms with Gasteiger partial charge >= 0.3 is 0 Å². The van der Waals surface area contributed by atoms with Crippen LogP contribution in [0.1, 0.15) is 26.2 Å². The van der Waals surface area contributed by atoms with E-state index >= 15 is 0 Å². The lowest BCUT2D eigenvalue weighted by Gasteiger charge is -2.20. The molecule has 3 aliphatic rings. The summed E-state index contributed by atoms with van der Waals surface area (Å²) in [6.45, 7) is 4.75. The van der Waals surface area contributed by atoms with Crippen LogP contribution >= 0.6 is 0 Å². The minimum absolute atomic E-state index is 0.383. The molecule has 2 heterocycles. The van der Waals surface area contributed by atoms with Gasteiger partial charge in [-0.15, -0.1) is 0 Å². The zero-order chi connectivity index (χ0) is 14.7. The normalized spacial score (nSPS) is 31.3. The molecule has 1 fully saturated rings. The Morgan fingerprint density at radius 3 is 2.95 bits per heavy atom. The third kappa shape index (κ3) is 3.50. The number of allylic oxidation sites excluding steroid dienone is 5. The van der Waals surface area contributed by atoms with E-state index in [9.17, 15) is 0 Å². The van der Waals surface area contributed by atoms with Gasteiger partial charge in [0, 0.05) is 30.6 Å². The van der Waals surface area contributed by atoms with Gasteiger partial charge < -0.3 is 15.5 Å². The van der Waals surface area contributed by atoms with Gasteiger partial charge in [-0.1, -0.05) is 19.1 Å². The second kappa shape index (κ2) is 6.39. The van der Waals surface area contributed by atoms with Crippen molar-refractivity contribution >= 4 is 11.4 Å². The molecule has 21 heavy (non-hydrogen) atoms. The highest BCUT2D eigenvalue weighted by Crippen LogP contribution is 2.21. The smallest absolute Gasteiger partial charge is 0.0668 e. The fourth-order valence-corrected chi connectivity index (χ4v) is 2.79. The highest BCUT2D eigenvalue weighted by molar-refractivity contribution is 6.16. The summed E-state index contributed by atoms with van der Waals surface area (Å²) in [5.74, 6) is 0.689. The average Bonchev–Trinajstić information content (AvgIpc) is 3.00. The largest absolute Gasteiger partial charge is 0.385 e. The first kappa shape index (κ1) is 14.3. The minimum Gasteiger partial charge on any atom is -0.385 e. The molecule has 4 nitrogen and oxygen atoms in total. The van der Waals surface area contributed by atoms with E-state index in [1.54, 1.807) is 0 Å². The summed E-state index contributed by atoms with van der Waals surface area (Å²) in [6, 6.07) is 0.383. The van der Waals surface area contributed by atoms with Gasteiger partial charge in [-0.05, 0) is 36.8 Å². The van der Waals surface area contributed by atoms with Crippen LogP contribution in [0.15, 0.2) is 40.6 Å². The van der Waals surface area contributed by atoms with Crippen molar-refractivity contribution in [3.05, 3.63) is 35.6 Å². The van der Waals surface area contributed by atoms with Crippen molar-refractivity contribution in [2.45, 2.75) is 32.2 Å². The van der Waals surface area contributed by atoms with E-state index in [0.717, 1.165) is 49.5 Å². The first-order valence-electron chi connectivity index (χ1n) is 7.79. The molecule has 1 aliphatic carbocycles. The second-order valence-corrected chi connectivity index (χ2v) is 6.10. The molecule has 2 unspecified atom stereocenters. The molecule has 2 atom stereocenters. The number of nitrogens with zero attached hydrogens (tertiary/aromatic N) is 1. The summed E-state index contributed by atoms with van der Waals surface area (Å²) in [4.78, 5) is 4.65. The molecule has 0 aromatic rings. The maximum atomic E-state index is 8.19. The molecule has 0 spiro atoms. The van der Waals surface area contributed by atoms with Crippen molar-refractivity contribution in [2.75, 3.05) is 19.8 Å². The van der Waals surface area contributed by atoms with E-state index in [4.69, 9.17) is 10.1 Å². The van der Waals surface area contributed by atoms with E-state index in [2.05, 4.69) is 23.3 Å². The lowest BCUT2D eigenvalue weighted by molar-refractivity contribution is 0.191. The van der Waals surface area contributed by atoms with E-state index in [1.165, 1.54) is 6.42 Å². The molecule has 4 heteroatoms. The molecule has 2 aliphatic heterocycles. The highest BCUT2D eigenvalue weighted by Gasteiger charge is 2.17. The zero-order valence-corrected chi connectivity index (χ0v) is 12.6. The van der Waals surface area contributed by atoms with Gasteiger partial charge in [0.15, 0.2) is 0 Å². The van der Waals surface area contributed by atoms with E-state index < -0.39 is 0 Å². The first-order valence-corrected chi connectivity index (χ1v) is 7.79. The molecule has 0 aromatic heterocycles. The van der Waals surface area contributed by atoms with Crippen molar-refractivity contribution in [3.63, 3.8) is 0 Å². The molecule has 0 bridgehead atoms. The maximum absolute atomic E-state index is 8.19. The Labute approximate surface area is 126 Å². The van der Waals surface area contributed by atoms with Crippen LogP contribution in [0.3, 0.4) is 0 Å². The van der Waals surface area contributed by atoms with Crippen molar-refractivity contribution in [2.24, 2.45) is 10.9 Å². The molecule has 1 saturated heterocycles. The average molecular weight is 285 g/mol. The standard InChI is InChI=1S/C17H23N3O/c1-12-2-5-17(20-9-12)13-3-4-14(16(18)8-13)10-19-15-6-7-21-11-15/h3-4,8,10,12,15,18-19H,2,5-7,9,11H2,1H3/b14-10-,18-16?. The van der Waals surface area contributed by atoms with Gasteiger partial charge in [0.25, 0.3) is 0 Å². The van der Waals surface area contributed by atoms with Crippen LogP contribution in [0.2, 0.25) is 0 Å². The van der Waals surface area contributed by atoms with Gasteiger partial charge in [-0.2, -0.15) is 0 Å². The molecule has 112 valence electrons. The lowest BCUT2D eigenvalue weighted by Crippen LogP contribution is -2.25. The van der Waals surface area contributed by atoms with Gasteiger partial charge in [0.1, 0.15) is 0 Å². The summed E-state index contributed by atoms with van der Waals surface area (Å²) in [5.41, 5.74) is 3.74. The summed E-state index contributed by atoms with van der Waals surface area (Å²) in [5, 5.41) is 11.5. The van der Waals surface area contributed by atoms with Crippen LogP contribution in [0, 0.1) is 11.3 Å². The van der Waals surface area contributed by atoms with E-state index in [1.807, 2.05) is 18.4 Å². The monoisotopic (exact) mass is 285 g/mol. The molecule has 2 N–H and O–H groups in total. The van der Waals surface area contributed by atoms with Crippen LogP contribution in [-0.4, -0.2) is 37.2 Å². The predicted octanol–water partition coefficient (Wildman–Crippen LogP) is 2.64. The molecular formula is C17H23N3O. The van der Waals surface area contributed by atoms with Crippen LogP contribution in [0.4, 0.5) is 0 Å². The Morgan fingerprint density at radius 2 is 2.29 bits per heavy atom. The summed E-state index contributed by atoms with van der Waals surface area (Å²) in [6.07, 6.45) is 11.2. The molecule has 3 rings (SSSR count). The fraction of sp³-hybridized carbons (Fsp3) is 0.529. The van der Waals surface area contributed by atoms with Crippen LogP contribution in [0.5, 0.6) is 0 Å². The van der Waals surface area contributed by atoms with E-state index in [0.29, 0.717) is 17.7 Å². The van der Waals surface area contributed by atoms with Crippen LogP contribution < -0.4 is 5.32 Å². The van der Waals surface area contributed by atoms with Gasteiger partial charge in [-0.25, -0.2) is 0 Å². The number of hydrogen-bond donors (Lipinski definition) is 2.